The zero-order valence-electron chi connectivity index (χ0n) is 12.7. The van der Waals surface area contributed by atoms with Crippen molar-refractivity contribution < 1.29 is 14.3 Å². The second-order valence-corrected chi connectivity index (χ2v) is 6.90. The Hall–Kier alpha value is -1.56. The highest BCUT2D eigenvalue weighted by atomic mass is 35.5. The fourth-order valence-electron chi connectivity index (χ4n) is 2.20. The highest BCUT2D eigenvalue weighted by Gasteiger charge is 2.13. The molecule has 1 N–H and O–H groups in total. The Morgan fingerprint density at radius 3 is 2.54 bits per heavy atom. The molecule has 1 amide bonds. The standard InChI is InChI=1S/C17H15Cl2NO3S/c18-12-3-1-4-13(19)17(12)24-10-16(21)20-11-5-6-14-15(9-11)23-8-2-7-22-14/h1,3-6,9H,2,7-8,10H2,(H,20,21). The lowest BCUT2D eigenvalue weighted by atomic mass is 10.2. The number of hydrogen-bond donors (Lipinski definition) is 1. The zero-order chi connectivity index (χ0) is 16.9. The van der Waals surface area contributed by atoms with Crippen molar-refractivity contribution in [1.82, 2.24) is 0 Å². The van der Waals surface area contributed by atoms with Crippen LogP contribution >= 0.6 is 35.0 Å². The molecule has 24 heavy (non-hydrogen) atoms. The Morgan fingerprint density at radius 2 is 1.79 bits per heavy atom. The lowest BCUT2D eigenvalue weighted by Gasteiger charge is -2.11. The van der Waals surface area contributed by atoms with Crippen LogP contribution in [0.5, 0.6) is 11.5 Å². The first-order valence-corrected chi connectivity index (χ1v) is 9.14. The molecule has 0 spiro atoms. The van der Waals surface area contributed by atoms with Gasteiger partial charge in [-0.3, -0.25) is 4.79 Å². The van der Waals surface area contributed by atoms with E-state index in [1.54, 1.807) is 36.4 Å². The quantitative estimate of drug-likeness (QED) is 0.763. The molecule has 3 rings (SSSR count). The maximum Gasteiger partial charge on any atom is 0.234 e. The molecule has 0 fully saturated rings. The summed E-state index contributed by atoms with van der Waals surface area (Å²) in [5.41, 5.74) is 0.662. The molecular formula is C17H15Cl2NO3S. The maximum atomic E-state index is 12.2. The average Bonchev–Trinajstić information content (AvgIpc) is 2.79. The van der Waals surface area contributed by atoms with Crippen LogP contribution in [-0.2, 0) is 4.79 Å². The number of carbonyl (C=O) groups is 1. The first-order valence-electron chi connectivity index (χ1n) is 7.40. The normalized spacial score (nSPS) is 13.2. The van der Waals surface area contributed by atoms with Gasteiger partial charge in [0.2, 0.25) is 5.91 Å². The number of nitrogens with one attached hydrogen (secondary N) is 1. The van der Waals surface area contributed by atoms with Crippen molar-refractivity contribution in [3.63, 3.8) is 0 Å². The molecule has 1 aliphatic rings. The number of rotatable bonds is 4. The number of halogens is 2. The SMILES string of the molecule is O=C(CSc1c(Cl)cccc1Cl)Nc1ccc2c(c1)OCCCO2. The highest BCUT2D eigenvalue weighted by Crippen LogP contribution is 2.34. The molecular weight excluding hydrogens is 369 g/mol. The van der Waals surface area contributed by atoms with Crippen LogP contribution in [0.15, 0.2) is 41.3 Å². The van der Waals surface area contributed by atoms with Crippen LogP contribution < -0.4 is 14.8 Å². The third-order valence-corrected chi connectivity index (χ3v) is 5.29. The Morgan fingerprint density at radius 1 is 1.08 bits per heavy atom. The summed E-state index contributed by atoms with van der Waals surface area (Å²) in [5, 5.41) is 3.92. The van der Waals surface area contributed by atoms with Gasteiger partial charge in [-0.15, -0.1) is 11.8 Å². The Kier molecular flexibility index (Phi) is 5.76. The Labute approximate surface area is 154 Å². The summed E-state index contributed by atoms with van der Waals surface area (Å²) >= 11 is 13.5. The van der Waals surface area contributed by atoms with E-state index in [1.807, 2.05) is 0 Å². The molecule has 2 aromatic carbocycles. The minimum atomic E-state index is -0.148. The van der Waals surface area contributed by atoms with E-state index in [4.69, 9.17) is 32.7 Å². The second kappa shape index (κ2) is 8.01. The van der Waals surface area contributed by atoms with E-state index in [0.717, 1.165) is 6.42 Å². The van der Waals surface area contributed by atoms with Gasteiger partial charge in [-0.2, -0.15) is 0 Å². The van der Waals surface area contributed by atoms with Crippen molar-refractivity contribution >= 4 is 46.6 Å². The summed E-state index contributed by atoms with van der Waals surface area (Å²) < 4.78 is 11.2. The smallest absolute Gasteiger partial charge is 0.234 e. The molecule has 4 nitrogen and oxygen atoms in total. The van der Waals surface area contributed by atoms with Gasteiger partial charge in [0.05, 0.1) is 29.0 Å². The lowest BCUT2D eigenvalue weighted by molar-refractivity contribution is -0.113. The van der Waals surface area contributed by atoms with Crippen molar-refractivity contribution in [1.29, 1.82) is 0 Å². The molecule has 0 aromatic heterocycles. The monoisotopic (exact) mass is 383 g/mol. The van der Waals surface area contributed by atoms with Gasteiger partial charge in [0, 0.05) is 23.1 Å². The van der Waals surface area contributed by atoms with Gasteiger partial charge in [0.1, 0.15) is 0 Å². The van der Waals surface area contributed by atoms with Crippen LogP contribution in [0.2, 0.25) is 10.0 Å². The Bertz CT molecular complexity index is 734. The number of anilines is 1. The molecule has 126 valence electrons. The van der Waals surface area contributed by atoms with Gasteiger partial charge < -0.3 is 14.8 Å². The summed E-state index contributed by atoms with van der Waals surface area (Å²) in [4.78, 5) is 12.9. The maximum absolute atomic E-state index is 12.2. The zero-order valence-corrected chi connectivity index (χ0v) is 15.0. The number of amides is 1. The summed E-state index contributed by atoms with van der Waals surface area (Å²) in [6, 6.07) is 10.6. The van der Waals surface area contributed by atoms with Gasteiger partial charge in [-0.25, -0.2) is 0 Å². The van der Waals surface area contributed by atoms with Crippen LogP contribution in [0, 0.1) is 0 Å². The van der Waals surface area contributed by atoms with Gasteiger partial charge in [0.15, 0.2) is 11.5 Å². The van der Waals surface area contributed by atoms with Crippen LogP contribution in [0.25, 0.3) is 0 Å². The summed E-state index contributed by atoms with van der Waals surface area (Å²) in [6.45, 7) is 1.24. The minimum Gasteiger partial charge on any atom is -0.490 e. The van der Waals surface area contributed by atoms with Crippen molar-refractivity contribution in [3.8, 4) is 11.5 Å². The molecule has 1 aliphatic heterocycles. The topological polar surface area (TPSA) is 47.6 Å². The van der Waals surface area contributed by atoms with Crippen LogP contribution in [-0.4, -0.2) is 24.9 Å². The van der Waals surface area contributed by atoms with E-state index in [2.05, 4.69) is 5.32 Å². The van der Waals surface area contributed by atoms with Crippen LogP contribution in [0.3, 0.4) is 0 Å². The summed E-state index contributed by atoms with van der Waals surface area (Å²) in [7, 11) is 0. The molecule has 0 bridgehead atoms. The van der Waals surface area contributed by atoms with Crippen molar-refractivity contribution in [2.45, 2.75) is 11.3 Å². The number of fused-ring (bicyclic) bond motifs is 1. The van der Waals surface area contributed by atoms with E-state index in [1.165, 1.54) is 11.8 Å². The third-order valence-electron chi connectivity index (χ3n) is 3.30. The van der Waals surface area contributed by atoms with Crippen LogP contribution in [0.4, 0.5) is 5.69 Å². The molecule has 1 heterocycles. The largest absolute Gasteiger partial charge is 0.490 e. The third kappa shape index (κ3) is 4.29. The van der Waals surface area contributed by atoms with E-state index >= 15 is 0 Å². The first-order chi connectivity index (χ1) is 11.6. The second-order valence-electron chi connectivity index (χ2n) is 5.10. The molecule has 0 atom stereocenters. The van der Waals surface area contributed by atoms with Crippen molar-refractivity contribution in [2.75, 3.05) is 24.3 Å². The van der Waals surface area contributed by atoms with Crippen LogP contribution in [0.1, 0.15) is 6.42 Å². The summed E-state index contributed by atoms with van der Waals surface area (Å²) in [6.07, 6.45) is 0.839. The molecule has 0 radical (unpaired) electrons. The first kappa shape index (κ1) is 17.3. The molecule has 0 aliphatic carbocycles. The van der Waals surface area contributed by atoms with Crippen molar-refractivity contribution in [2.24, 2.45) is 0 Å². The number of ether oxygens (including phenoxy) is 2. The molecule has 0 saturated carbocycles. The fourth-order valence-corrected chi connectivity index (χ4v) is 3.68. The van der Waals surface area contributed by atoms with Gasteiger partial charge in [-0.05, 0) is 24.3 Å². The minimum absolute atomic E-state index is 0.148. The van der Waals surface area contributed by atoms with Gasteiger partial charge in [-0.1, -0.05) is 29.3 Å². The highest BCUT2D eigenvalue weighted by molar-refractivity contribution is 8.00. The molecule has 0 unspecified atom stereocenters. The average molecular weight is 384 g/mol. The summed E-state index contributed by atoms with van der Waals surface area (Å²) in [5.74, 6) is 1.40. The lowest BCUT2D eigenvalue weighted by Crippen LogP contribution is -2.14. The predicted octanol–water partition coefficient (Wildman–Crippen LogP) is 4.89. The predicted molar refractivity (Wildman–Crippen MR) is 97.9 cm³/mol. The Balaban J connectivity index is 1.62. The van der Waals surface area contributed by atoms with E-state index in [9.17, 15) is 4.79 Å². The van der Waals surface area contributed by atoms with Gasteiger partial charge >= 0.3 is 0 Å². The van der Waals surface area contributed by atoms with E-state index in [0.29, 0.717) is 45.3 Å². The number of hydrogen-bond acceptors (Lipinski definition) is 4. The molecule has 0 saturated heterocycles. The van der Waals surface area contributed by atoms with Gasteiger partial charge in [0.25, 0.3) is 0 Å². The van der Waals surface area contributed by atoms with E-state index < -0.39 is 0 Å². The van der Waals surface area contributed by atoms with E-state index in [-0.39, 0.29) is 11.7 Å². The number of benzene rings is 2. The molecule has 2 aromatic rings. The number of thioether (sulfide) groups is 1. The van der Waals surface area contributed by atoms with Crippen molar-refractivity contribution in [3.05, 3.63) is 46.4 Å². The molecule has 7 heteroatoms. The fraction of sp³-hybridized carbons (Fsp3) is 0.235. The number of carbonyl (C=O) groups excluding carboxylic acids is 1.